The molecular weight excluding hydrogens is 198 g/mol. The fraction of sp³-hybridized carbons (Fsp3) is 0.429. The van der Waals surface area contributed by atoms with Gasteiger partial charge in [-0.25, -0.2) is 0 Å². The van der Waals surface area contributed by atoms with Gasteiger partial charge in [0.2, 0.25) is 0 Å². The third-order valence-electron chi connectivity index (χ3n) is 2.46. The average molecular weight is 217 g/mol. The van der Waals surface area contributed by atoms with Crippen molar-refractivity contribution < 1.29 is 4.74 Å². The van der Waals surface area contributed by atoms with E-state index in [9.17, 15) is 0 Å². The maximum absolute atomic E-state index is 5.39. The summed E-state index contributed by atoms with van der Waals surface area (Å²) in [6.45, 7) is 3.54. The second kappa shape index (κ2) is 7.05. The highest BCUT2D eigenvalue weighted by Gasteiger charge is 2.01. The second-order valence-corrected chi connectivity index (χ2v) is 3.76. The lowest BCUT2D eigenvalue weighted by molar-refractivity contribution is 0.185. The molecule has 0 amide bonds. The van der Waals surface area contributed by atoms with Crippen molar-refractivity contribution in [2.45, 2.75) is 32.5 Å². The van der Waals surface area contributed by atoms with Crippen LogP contribution in [-0.4, -0.2) is 13.2 Å². The van der Waals surface area contributed by atoms with Crippen LogP contribution >= 0.6 is 0 Å². The maximum Gasteiger partial charge on any atom is 0.0713 e. The average Bonchev–Trinajstić information content (AvgIpc) is 2.31. The molecule has 0 bridgehead atoms. The van der Waals surface area contributed by atoms with E-state index in [2.05, 4.69) is 36.4 Å². The van der Waals surface area contributed by atoms with E-state index in [1.807, 2.05) is 6.07 Å². The molecule has 0 heterocycles. The molecule has 0 fully saturated rings. The number of ether oxygens (including phenoxy) is 1. The fourth-order valence-corrected chi connectivity index (χ4v) is 1.56. The lowest BCUT2D eigenvalue weighted by atomic mass is 10.1. The minimum Gasteiger partial charge on any atom is -0.380 e. The quantitative estimate of drug-likeness (QED) is 0.738. The number of benzene rings is 1. The largest absolute Gasteiger partial charge is 0.380 e. The molecule has 1 rings (SSSR count). The van der Waals surface area contributed by atoms with Crippen LogP contribution in [0.2, 0.25) is 0 Å². The van der Waals surface area contributed by atoms with Crippen molar-refractivity contribution in [2.24, 2.45) is 0 Å². The number of terminal acetylenes is 1. The van der Waals surface area contributed by atoms with E-state index >= 15 is 0 Å². The normalized spacial score (nSPS) is 12.1. The van der Waals surface area contributed by atoms with Crippen LogP contribution in [0.3, 0.4) is 0 Å². The van der Waals surface area contributed by atoms with Crippen molar-refractivity contribution in [1.29, 1.82) is 0 Å². The molecular formula is C14H19NO. The predicted molar refractivity (Wildman–Crippen MR) is 66.9 cm³/mol. The van der Waals surface area contributed by atoms with E-state index in [-0.39, 0.29) is 6.04 Å². The molecule has 1 aromatic rings. The molecule has 0 saturated carbocycles. The molecule has 1 atom stereocenters. The minimum absolute atomic E-state index is 0.158. The van der Waals surface area contributed by atoms with Gasteiger partial charge in [-0.1, -0.05) is 37.1 Å². The van der Waals surface area contributed by atoms with Gasteiger partial charge >= 0.3 is 0 Å². The van der Waals surface area contributed by atoms with Gasteiger partial charge in [0.15, 0.2) is 0 Å². The van der Waals surface area contributed by atoms with Gasteiger partial charge in [-0.3, -0.25) is 5.32 Å². The first-order chi connectivity index (χ1) is 7.80. The number of rotatable bonds is 6. The topological polar surface area (TPSA) is 21.3 Å². The number of methoxy groups -OCH3 is 1. The van der Waals surface area contributed by atoms with Gasteiger partial charge in [0.1, 0.15) is 0 Å². The molecule has 0 saturated heterocycles. The zero-order valence-electron chi connectivity index (χ0n) is 9.99. The second-order valence-electron chi connectivity index (χ2n) is 3.76. The Morgan fingerprint density at radius 1 is 1.44 bits per heavy atom. The zero-order chi connectivity index (χ0) is 11.8. The van der Waals surface area contributed by atoms with Crippen LogP contribution in [0.15, 0.2) is 24.3 Å². The lowest BCUT2D eigenvalue weighted by Crippen LogP contribution is -2.26. The van der Waals surface area contributed by atoms with Crippen molar-refractivity contribution in [1.82, 2.24) is 5.32 Å². The Balaban J connectivity index is 2.54. The Kier molecular flexibility index (Phi) is 5.63. The van der Waals surface area contributed by atoms with E-state index in [0.717, 1.165) is 13.0 Å². The molecule has 0 radical (unpaired) electrons. The van der Waals surface area contributed by atoms with E-state index in [4.69, 9.17) is 11.2 Å². The monoisotopic (exact) mass is 217 g/mol. The van der Waals surface area contributed by atoms with Gasteiger partial charge in [0.25, 0.3) is 0 Å². The summed E-state index contributed by atoms with van der Waals surface area (Å²) in [5.41, 5.74) is 2.43. The third kappa shape index (κ3) is 4.06. The highest BCUT2D eigenvalue weighted by Crippen LogP contribution is 2.06. The van der Waals surface area contributed by atoms with Crippen LogP contribution in [0.25, 0.3) is 0 Å². The summed E-state index contributed by atoms with van der Waals surface area (Å²) in [6.07, 6.45) is 6.35. The first-order valence-corrected chi connectivity index (χ1v) is 5.56. The molecule has 16 heavy (non-hydrogen) atoms. The highest BCUT2D eigenvalue weighted by atomic mass is 16.5. The molecule has 86 valence electrons. The molecule has 2 nitrogen and oxygen atoms in total. The molecule has 0 aliphatic rings. The summed E-state index contributed by atoms with van der Waals surface area (Å²) in [7, 11) is 1.70. The summed E-state index contributed by atoms with van der Waals surface area (Å²) in [4.78, 5) is 0. The van der Waals surface area contributed by atoms with E-state index in [1.54, 1.807) is 7.11 Å². The van der Waals surface area contributed by atoms with Crippen LogP contribution < -0.4 is 5.32 Å². The third-order valence-corrected chi connectivity index (χ3v) is 2.46. The summed E-state index contributed by atoms with van der Waals surface area (Å²) in [5.74, 6) is 2.73. The van der Waals surface area contributed by atoms with Crippen molar-refractivity contribution in [3.8, 4) is 12.3 Å². The lowest BCUT2D eigenvalue weighted by Gasteiger charge is -2.11. The Morgan fingerprint density at radius 2 is 2.19 bits per heavy atom. The fourth-order valence-electron chi connectivity index (χ4n) is 1.56. The van der Waals surface area contributed by atoms with Crippen molar-refractivity contribution in [2.75, 3.05) is 7.11 Å². The van der Waals surface area contributed by atoms with Crippen LogP contribution in [0.1, 0.15) is 24.5 Å². The van der Waals surface area contributed by atoms with E-state index in [0.29, 0.717) is 6.61 Å². The zero-order valence-corrected chi connectivity index (χ0v) is 9.99. The van der Waals surface area contributed by atoms with Gasteiger partial charge in [-0.2, -0.15) is 0 Å². The summed E-state index contributed by atoms with van der Waals surface area (Å²) >= 11 is 0. The van der Waals surface area contributed by atoms with Gasteiger partial charge in [-0.05, 0) is 17.5 Å². The van der Waals surface area contributed by atoms with Crippen molar-refractivity contribution >= 4 is 0 Å². The SMILES string of the molecule is C#CC(CC)NCc1cccc(COC)c1. The number of nitrogens with one attached hydrogen (secondary N) is 1. The number of hydrogen-bond donors (Lipinski definition) is 1. The molecule has 0 aromatic heterocycles. The van der Waals surface area contributed by atoms with E-state index < -0.39 is 0 Å². The van der Waals surface area contributed by atoms with Crippen LogP contribution in [0.4, 0.5) is 0 Å². The van der Waals surface area contributed by atoms with Crippen molar-refractivity contribution in [3.63, 3.8) is 0 Å². The maximum atomic E-state index is 5.39. The predicted octanol–water partition coefficient (Wildman–Crippen LogP) is 2.33. The summed E-state index contributed by atoms with van der Waals surface area (Å²) in [5, 5.41) is 3.33. The minimum atomic E-state index is 0.158. The molecule has 0 aliphatic heterocycles. The molecule has 2 heteroatoms. The highest BCUT2D eigenvalue weighted by molar-refractivity contribution is 5.23. The molecule has 1 aromatic carbocycles. The standard InChI is InChI=1S/C14H19NO/c1-4-14(5-2)15-10-12-7-6-8-13(9-12)11-16-3/h1,6-9,14-15H,5,10-11H2,2-3H3. The van der Waals surface area contributed by atoms with Gasteiger partial charge in [-0.15, -0.1) is 6.42 Å². The Hall–Kier alpha value is -1.30. The smallest absolute Gasteiger partial charge is 0.0713 e. The Bertz CT molecular complexity index is 354. The first kappa shape index (κ1) is 12.8. The van der Waals surface area contributed by atoms with Crippen LogP contribution in [0, 0.1) is 12.3 Å². The summed E-state index contributed by atoms with van der Waals surface area (Å²) < 4.78 is 5.10. The molecule has 0 spiro atoms. The number of hydrogen-bond acceptors (Lipinski definition) is 2. The van der Waals surface area contributed by atoms with Crippen molar-refractivity contribution in [3.05, 3.63) is 35.4 Å². The van der Waals surface area contributed by atoms with Crippen LogP contribution in [-0.2, 0) is 17.9 Å². The first-order valence-electron chi connectivity index (χ1n) is 5.56. The Labute approximate surface area is 98.0 Å². The van der Waals surface area contributed by atoms with E-state index in [1.165, 1.54) is 11.1 Å². The molecule has 0 aliphatic carbocycles. The summed E-state index contributed by atoms with van der Waals surface area (Å²) in [6, 6.07) is 8.49. The molecule has 1 N–H and O–H groups in total. The van der Waals surface area contributed by atoms with Gasteiger partial charge in [0.05, 0.1) is 12.6 Å². The van der Waals surface area contributed by atoms with Crippen LogP contribution in [0.5, 0.6) is 0 Å². The Morgan fingerprint density at radius 3 is 2.81 bits per heavy atom. The molecule has 1 unspecified atom stereocenters. The van der Waals surface area contributed by atoms with Gasteiger partial charge < -0.3 is 4.74 Å². The van der Waals surface area contributed by atoms with Gasteiger partial charge in [0, 0.05) is 13.7 Å².